The molecule has 5 heteroatoms. The summed E-state index contributed by atoms with van der Waals surface area (Å²) in [5.41, 5.74) is 0.721. The third-order valence-corrected chi connectivity index (χ3v) is 4.25. The Labute approximate surface area is 116 Å². The largest absolute Gasteiger partial charge is 0.355 e. The second-order valence-corrected chi connectivity index (χ2v) is 5.73. The Bertz CT molecular complexity index is 542. The van der Waals surface area contributed by atoms with Crippen molar-refractivity contribution in [3.05, 3.63) is 29.3 Å². The van der Waals surface area contributed by atoms with Crippen molar-refractivity contribution in [3.8, 4) is 10.6 Å². The van der Waals surface area contributed by atoms with Crippen molar-refractivity contribution in [2.24, 2.45) is 0 Å². The highest BCUT2D eigenvalue weighted by Gasteiger charge is 2.18. The number of hydrogen-bond acceptors (Lipinski definition) is 4. The van der Waals surface area contributed by atoms with E-state index in [1.165, 1.54) is 6.42 Å². The molecule has 0 spiro atoms. The summed E-state index contributed by atoms with van der Waals surface area (Å²) >= 11 is 1.61. The second kappa shape index (κ2) is 5.57. The van der Waals surface area contributed by atoms with Crippen molar-refractivity contribution in [1.82, 2.24) is 10.1 Å². The van der Waals surface area contributed by atoms with E-state index in [-0.39, 0.29) is 5.91 Å². The molecule has 0 aromatic carbocycles. The Hall–Kier alpha value is -1.62. The van der Waals surface area contributed by atoms with E-state index in [0.29, 0.717) is 6.42 Å². The third-order valence-electron chi connectivity index (χ3n) is 3.36. The summed E-state index contributed by atoms with van der Waals surface area (Å²) in [5, 5.41) is 5.99. The lowest BCUT2D eigenvalue weighted by molar-refractivity contribution is -0.131. The van der Waals surface area contributed by atoms with Gasteiger partial charge in [0, 0.05) is 19.2 Å². The van der Waals surface area contributed by atoms with Crippen LogP contribution in [0.4, 0.5) is 0 Å². The first-order chi connectivity index (χ1) is 9.33. The van der Waals surface area contributed by atoms with Gasteiger partial charge in [-0.2, -0.15) is 0 Å². The molecule has 2 aromatic rings. The monoisotopic (exact) mass is 276 g/mol. The molecule has 0 atom stereocenters. The van der Waals surface area contributed by atoms with Crippen molar-refractivity contribution in [3.63, 3.8) is 0 Å². The Morgan fingerprint density at radius 1 is 1.37 bits per heavy atom. The van der Waals surface area contributed by atoms with Crippen LogP contribution in [0.5, 0.6) is 0 Å². The van der Waals surface area contributed by atoms with Gasteiger partial charge in [0.1, 0.15) is 0 Å². The highest BCUT2D eigenvalue weighted by molar-refractivity contribution is 7.13. The van der Waals surface area contributed by atoms with Crippen molar-refractivity contribution in [1.29, 1.82) is 0 Å². The average Bonchev–Trinajstić information content (AvgIpc) is 3.10. The highest BCUT2D eigenvalue weighted by atomic mass is 32.1. The third kappa shape index (κ3) is 2.87. The molecule has 4 nitrogen and oxygen atoms in total. The van der Waals surface area contributed by atoms with E-state index in [1.54, 1.807) is 11.3 Å². The lowest BCUT2D eigenvalue weighted by Gasteiger charge is -2.26. The SMILES string of the molecule is O=C(Cc1cc(-c2cccs2)on1)N1CCCCC1. The number of thiophene rings is 1. The van der Waals surface area contributed by atoms with Crippen LogP contribution < -0.4 is 0 Å². The van der Waals surface area contributed by atoms with Gasteiger partial charge >= 0.3 is 0 Å². The van der Waals surface area contributed by atoms with Crippen LogP contribution in [0.25, 0.3) is 10.6 Å². The summed E-state index contributed by atoms with van der Waals surface area (Å²) in [4.78, 5) is 15.1. The van der Waals surface area contributed by atoms with Crippen LogP contribution in [0.3, 0.4) is 0 Å². The quantitative estimate of drug-likeness (QED) is 0.866. The van der Waals surface area contributed by atoms with Gasteiger partial charge in [0.25, 0.3) is 0 Å². The minimum absolute atomic E-state index is 0.158. The smallest absolute Gasteiger partial charge is 0.228 e. The standard InChI is InChI=1S/C14H16N2O2S/c17-14(16-6-2-1-3-7-16)10-11-9-12(18-15-11)13-5-4-8-19-13/h4-5,8-9H,1-3,6-7,10H2. The van der Waals surface area contributed by atoms with Gasteiger partial charge in [0.15, 0.2) is 5.76 Å². The number of aromatic nitrogens is 1. The van der Waals surface area contributed by atoms with Crippen LogP contribution in [0, 0.1) is 0 Å². The Morgan fingerprint density at radius 2 is 2.21 bits per heavy atom. The first-order valence-corrected chi connectivity index (χ1v) is 7.48. The van der Waals surface area contributed by atoms with Crippen molar-refractivity contribution >= 4 is 17.2 Å². The zero-order valence-corrected chi connectivity index (χ0v) is 11.5. The van der Waals surface area contributed by atoms with E-state index >= 15 is 0 Å². The number of amides is 1. The molecule has 0 bridgehead atoms. The molecule has 1 saturated heterocycles. The molecule has 3 rings (SSSR count). The van der Waals surface area contributed by atoms with Crippen LogP contribution in [0.2, 0.25) is 0 Å². The highest BCUT2D eigenvalue weighted by Crippen LogP contribution is 2.25. The lowest BCUT2D eigenvalue weighted by atomic mass is 10.1. The maximum atomic E-state index is 12.1. The van der Waals surface area contributed by atoms with Crippen LogP contribution >= 0.6 is 11.3 Å². The zero-order valence-electron chi connectivity index (χ0n) is 10.7. The first-order valence-electron chi connectivity index (χ1n) is 6.60. The topological polar surface area (TPSA) is 46.3 Å². The number of piperidine rings is 1. The number of nitrogens with zero attached hydrogens (tertiary/aromatic N) is 2. The van der Waals surface area contributed by atoms with Gasteiger partial charge in [-0.1, -0.05) is 11.2 Å². The molecule has 1 aliphatic heterocycles. The van der Waals surface area contributed by atoms with Crippen molar-refractivity contribution in [2.75, 3.05) is 13.1 Å². The summed E-state index contributed by atoms with van der Waals surface area (Å²) < 4.78 is 5.29. The van der Waals surface area contributed by atoms with E-state index in [4.69, 9.17) is 4.52 Å². The van der Waals surface area contributed by atoms with Gasteiger partial charge in [-0.25, -0.2) is 0 Å². The number of carbonyl (C=O) groups is 1. The molecule has 0 radical (unpaired) electrons. The van der Waals surface area contributed by atoms with Crippen LogP contribution in [0.15, 0.2) is 28.1 Å². The fourth-order valence-corrected chi connectivity index (χ4v) is 3.01. The van der Waals surface area contributed by atoms with E-state index in [2.05, 4.69) is 5.16 Å². The summed E-state index contributed by atoms with van der Waals surface area (Å²) in [6, 6.07) is 5.83. The van der Waals surface area contributed by atoms with Gasteiger partial charge in [0.2, 0.25) is 5.91 Å². The molecule has 100 valence electrons. The first kappa shape index (κ1) is 12.4. The van der Waals surface area contributed by atoms with Gasteiger partial charge in [0.05, 0.1) is 17.0 Å². The van der Waals surface area contributed by atoms with Gasteiger partial charge in [-0.15, -0.1) is 11.3 Å². The molecular weight excluding hydrogens is 260 g/mol. The molecule has 2 aromatic heterocycles. The molecule has 1 amide bonds. The molecule has 0 N–H and O–H groups in total. The maximum absolute atomic E-state index is 12.1. The molecule has 3 heterocycles. The van der Waals surface area contributed by atoms with E-state index < -0.39 is 0 Å². The summed E-state index contributed by atoms with van der Waals surface area (Å²) in [6.45, 7) is 1.77. The summed E-state index contributed by atoms with van der Waals surface area (Å²) in [6.07, 6.45) is 3.81. The summed E-state index contributed by atoms with van der Waals surface area (Å²) in [5.74, 6) is 0.905. The van der Waals surface area contributed by atoms with E-state index in [9.17, 15) is 4.79 Å². The molecular formula is C14H16N2O2S. The number of carbonyl (C=O) groups excluding carboxylic acids is 1. The fourth-order valence-electron chi connectivity index (χ4n) is 2.34. The van der Waals surface area contributed by atoms with Gasteiger partial charge < -0.3 is 9.42 Å². The maximum Gasteiger partial charge on any atom is 0.228 e. The molecule has 0 aliphatic carbocycles. The van der Waals surface area contributed by atoms with Gasteiger partial charge in [-0.05, 0) is 30.7 Å². The number of hydrogen-bond donors (Lipinski definition) is 0. The van der Waals surface area contributed by atoms with Crippen molar-refractivity contribution < 1.29 is 9.32 Å². The minimum Gasteiger partial charge on any atom is -0.355 e. The number of rotatable bonds is 3. The van der Waals surface area contributed by atoms with Crippen LogP contribution in [-0.4, -0.2) is 29.1 Å². The molecule has 0 saturated carbocycles. The zero-order chi connectivity index (χ0) is 13.1. The predicted octanol–water partition coefficient (Wildman–Crippen LogP) is 2.96. The van der Waals surface area contributed by atoms with Gasteiger partial charge in [-0.3, -0.25) is 4.79 Å². The molecule has 1 fully saturated rings. The molecule has 0 unspecified atom stereocenters. The lowest BCUT2D eigenvalue weighted by Crippen LogP contribution is -2.36. The van der Waals surface area contributed by atoms with Crippen LogP contribution in [-0.2, 0) is 11.2 Å². The van der Waals surface area contributed by atoms with E-state index in [1.807, 2.05) is 28.5 Å². The van der Waals surface area contributed by atoms with Crippen molar-refractivity contribution in [2.45, 2.75) is 25.7 Å². The normalized spacial score (nSPS) is 15.7. The Kier molecular flexibility index (Phi) is 3.64. The molecule has 1 aliphatic rings. The second-order valence-electron chi connectivity index (χ2n) is 4.78. The predicted molar refractivity (Wildman–Crippen MR) is 74.0 cm³/mol. The minimum atomic E-state index is 0.158. The summed E-state index contributed by atoms with van der Waals surface area (Å²) in [7, 11) is 0. The van der Waals surface area contributed by atoms with Crippen LogP contribution in [0.1, 0.15) is 25.0 Å². The molecule has 19 heavy (non-hydrogen) atoms. The Morgan fingerprint density at radius 3 is 2.95 bits per heavy atom. The fraction of sp³-hybridized carbons (Fsp3) is 0.429. The van der Waals surface area contributed by atoms with E-state index in [0.717, 1.165) is 42.3 Å². The average molecular weight is 276 g/mol. The number of likely N-dealkylation sites (tertiary alicyclic amines) is 1. The Balaban J connectivity index is 1.65.